The first-order valence-corrected chi connectivity index (χ1v) is 12.7. The van der Waals surface area contributed by atoms with Crippen molar-refractivity contribution >= 4 is 32.5 Å². The molecule has 2 aromatic carbocycles. The van der Waals surface area contributed by atoms with Gasteiger partial charge in [0.2, 0.25) is 11.8 Å². The Hall–Kier alpha value is -4.39. The summed E-state index contributed by atoms with van der Waals surface area (Å²) < 4.78 is 61.6. The Balaban J connectivity index is 1.73. The number of fused-ring (bicyclic) bond motifs is 1. The lowest BCUT2D eigenvalue weighted by Gasteiger charge is -2.14. The van der Waals surface area contributed by atoms with E-state index in [0.717, 1.165) is 0 Å². The fraction of sp³-hybridized carbons (Fsp3) is 0.200. The monoisotopic (exact) mass is 543 g/mol. The number of pyridine rings is 1. The summed E-state index contributed by atoms with van der Waals surface area (Å²) in [6.45, 7) is 1.82. The summed E-state index contributed by atoms with van der Waals surface area (Å²) in [6.07, 6.45) is 2.79. The third kappa shape index (κ3) is 5.47. The Morgan fingerprint density at radius 3 is 2.45 bits per heavy atom. The zero-order chi connectivity index (χ0) is 27.6. The second-order valence-corrected chi connectivity index (χ2v) is 10.1. The van der Waals surface area contributed by atoms with E-state index in [-0.39, 0.29) is 35.0 Å². The Morgan fingerprint density at radius 2 is 1.79 bits per heavy atom. The average molecular weight is 544 g/mol. The van der Waals surface area contributed by atoms with Gasteiger partial charge in [-0.25, -0.2) is 27.2 Å². The van der Waals surface area contributed by atoms with Gasteiger partial charge >= 0.3 is 0 Å². The standard InChI is InChI=1S/C25H23F2N5O5S/c1-14(23(33)28-2)12-32-13-30-21-5-4-15(6-20(21)25(32)34)16-7-22(24(37-3)29-11-16)31-38(35,36)19-9-17(26)8-18(27)10-19/h4-11,13-14,31H,12H2,1-3H3,(H,28,33)/t14-/m1/s1. The molecular formula is C25H23F2N5O5S. The van der Waals surface area contributed by atoms with Crippen LogP contribution in [-0.2, 0) is 21.4 Å². The van der Waals surface area contributed by atoms with Crippen LogP contribution in [0.2, 0.25) is 0 Å². The number of sulfonamides is 1. The predicted molar refractivity (Wildman–Crippen MR) is 136 cm³/mol. The summed E-state index contributed by atoms with van der Waals surface area (Å²) in [4.78, 5) is 32.8. The van der Waals surface area contributed by atoms with E-state index in [4.69, 9.17) is 4.74 Å². The summed E-state index contributed by atoms with van der Waals surface area (Å²) in [5, 5.41) is 2.82. The van der Waals surface area contributed by atoms with Gasteiger partial charge in [-0.3, -0.25) is 18.9 Å². The minimum atomic E-state index is -4.40. The normalized spacial score (nSPS) is 12.2. The number of carbonyl (C=O) groups is 1. The van der Waals surface area contributed by atoms with Gasteiger partial charge in [-0.1, -0.05) is 13.0 Å². The highest BCUT2D eigenvalue weighted by molar-refractivity contribution is 7.92. The van der Waals surface area contributed by atoms with Crippen LogP contribution in [0, 0.1) is 17.6 Å². The van der Waals surface area contributed by atoms with Crippen LogP contribution in [0.4, 0.5) is 14.5 Å². The molecule has 0 aliphatic heterocycles. The quantitative estimate of drug-likeness (QED) is 0.349. The molecular weight excluding hydrogens is 520 g/mol. The Morgan fingerprint density at radius 1 is 1.08 bits per heavy atom. The maximum Gasteiger partial charge on any atom is 0.262 e. The van der Waals surface area contributed by atoms with Gasteiger partial charge in [0.05, 0.1) is 35.2 Å². The van der Waals surface area contributed by atoms with E-state index in [9.17, 15) is 26.8 Å². The molecule has 2 N–H and O–H groups in total. The molecule has 0 saturated carbocycles. The number of carbonyl (C=O) groups excluding carboxylic acids is 1. The third-order valence-corrected chi connectivity index (χ3v) is 7.10. The molecule has 10 nitrogen and oxygen atoms in total. The highest BCUT2D eigenvalue weighted by atomic mass is 32.2. The van der Waals surface area contributed by atoms with Crippen molar-refractivity contribution in [2.24, 2.45) is 5.92 Å². The van der Waals surface area contributed by atoms with Crippen LogP contribution in [0.3, 0.4) is 0 Å². The van der Waals surface area contributed by atoms with Crippen LogP contribution < -0.4 is 20.3 Å². The number of rotatable bonds is 8. The number of ether oxygens (including phenoxy) is 1. The lowest BCUT2D eigenvalue weighted by molar-refractivity contribution is -0.124. The summed E-state index contributed by atoms with van der Waals surface area (Å²) in [6, 6.07) is 8.23. The summed E-state index contributed by atoms with van der Waals surface area (Å²) in [5.41, 5.74) is 0.921. The molecule has 0 spiro atoms. The number of amides is 1. The molecule has 4 rings (SSSR count). The van der Waals surface area contributed by atoms with Crippen LogP contribution in [0.1, 0.15) is 6.92 Å². The summed E-state index contributed by atoms with van der Waals surface area (Å²) in [7, 11) is -1.61. The Bertz CT molecular complexity index is 1690. The van der Waals surface area contributed by atoms with Crippen molar-refractivity contribution in [3.05, 3.63) is 77.0 Å². The first-order valence-electron chi connectivity index (χ1n) is 11.3. The molecule has 198 valence electrons. The molecule has 0 aliphatic rings. The lowest BCUT2D eigenvalue weighted by Crippen LogP contribution is -2.32. The van der Waals surface area contributed by atoms with Crippen molar-refractivity contribution in [2.45, 2.75) is 18.4 Å². The molecule has 1 atom stereocenters. The number of benzene rings is 2. The fourth-order valence-corrected chi connectivity index (χ4v) is 4.92. The lowest BCUT2D eigenvalue weighted by atomic mass is 10.0. The van der Waals surface area contributed by atoms with E-state index >= 15 is 0 Å². The van der Waals surface area contributed by atoms with Gasteiger partial charge < -0.3 is 10.1 Å². The van der Waals surface area contributed by atoms with E-state index in [1.165, 1.54) is 37.3 Å². The van der Waals surface area contributed by atoms with E-state index in [2.05, 4.69) is 20.0 Å². The van der Waals surface area contributed by atoms with Crippen molar-refractivity contribution in [3.8, 4) is 17.0 Å². The van der Waals surface area contributed by atoms with Crippen LogP contribution in [-0.4, -0.2) is 43.0 Å². The van der Waals surface area contributed by atoms with Crippen LogP contribution in [0.15, 0.2) is 64.7 Å². The topological polar surface area (TPSA) is 132 Å². The second kappa shape index (κ2) is 10.5. The number of hydrogen-bond acceptors (Lipinski definition) is 7. The molecule has 0 radical (unpaired) electrons. The SMILES string of the molecule is CNC(=O)[C@H](C)Cn1cnc2ccc(-c3cnc(OC)c(NS(=O)(=O)c4cc(F)cc(F)c4)c3)cc2c1=O. The number of nitrogens with zero attached hydrogens (tertiary/aromatic N) is 3. The van der Waals surface area contributed by atoms with E-state index in [1.807, 2.05) is 0 Å². The minimum Gasteiger partial charge on any atom is -0.480 e. The van der Waals surface area contributed by atoms with Crippen LogP contribution >= 0.6 is 0 Å². The molecule has 0 fully saturated rings. The van der Waals surface area contributed by atoms with Crippen LogP contribution in [0.5, 0.6) is 5.88 Å². The highest BCUT2D eigenvalue weighted by Crippen LogP contribution is 2.31. The Labute approximate surface area is 216 Å². The van der Waals surface area contributed by atoms with Gasteiger partial charge in [-0.05, 0) is 35.9 Å². The van der Waals surface area contributed by atoms with Gasteiger partial charge in [-0.2, -0.15) is 0 Å². The molecule has 4 aromatic rings. The maximum absolute atomic E-state index is 13.6. The number of aromatic nitrogens is 3. The summed E-state index contributed by atoms with van der Waals surface area (Å²) in [5.74, 6) is -2.87. The Kier molecular flexibility index (Phi) is 7.39. The second-order valence-electron chi connectivity index (χ2n) is 8.44. The summed E-state index contributed by atoms with van der Waals surface area (Å²) >= 11 is 0. The smallest absolute Gasteiger partial charge is 0.262 e. The van der Waals surface area contributed by atoms with E-state index < -0.39 is 32.5 Å². The maximum atomic E-state index is 13.6. The van der Waals surface area contributed by atoms with Crippen molar-refractivity contribution < 1.29 is 26.7 Å². The molecule has 1 amide bonds. The molecule has 0 aliphatic carbocycles. The first kappa shape index (κ1) is 26.7. The van der Waals surface area contributed by atoms with Crippen LogP contribution in [0.25, 0.3) is 22.0 Å². The van der Waals surface area contributed by atoms with Crippen molar-refractivity contribution in [2.75, 3.05) is 18.9 Å². The first-order chi connectivity index (χ1) is 18.0. The number of nitrogens with one attached hydrogen (secondary N) is 2. The van der Waals surface area contributed by atoms with Gasteiger partial charge in [0.15, 0.2) is 0 Å². The molecule has 13 heteroatoms. The number of halogens is 2. The zero-order valence-electron chi connectivity index (χ0n) is 20.5. The van der Waals surface area contributed by atoms with Gasteiger partial charge in [-0.15, -0.1) is 0 Å². The third-order valence-electron chi connectivity index (χ3n) is 5.76. The number of anilines is 1. The molecule has 0 saturated heterocycles. The predicted octanol–water partition coefficient (Wildman–Crippen LogP) is 2.93. The largest absolute Gasteiger partial charge is 0.480 e. The number of hydrogen-bond donors (Lipinski definition) is 2. The van der Waals surface area contributed by atoms with Gasteiger partial charge in [0.1, 0.15) is 17.3 Å². The molecule has 0 bridgehead atoms. The molecule has 38 heavy (non-hydrogen) atoms. The fourth-order valence-electron chi connectivity index (χ4n) is 3.83. The highest BCUT2D eigenvalue weighted by Gasteiger charge is 2.20. The molecule has 0 unspecified atom stereocenters. The molecule has 2 heterocycles. The van der Waals surface area contributed by atoms with E-state index in [1.54, 1.807) is 25.1 Å². The van der Waals surface area contributed by atoms with E-state index in [0.29, 0.717) is 34.8 Å². The number of methoxy groups -OCH3 is 1. The minimum absolute atomic E-state index is 0.0813. The average Bonchev–Trinajstić information content (AvgIpc) is 2.88. The van der Waals surface area contributed by atoms with Crippen molar-refractivity contribution in [3.63, 3.8) is 0 Å². The zero-order valence-corrected chi connectivity index (χ0v) is 21.3. The van der Waals surface area contributed by atoms with Gasteiger partial charge in [0, 0.05) is 31.4 Å². The van der Waals surface area contributed by atoms with Crippen molar-refractivity contribution in [1.29, 1.82) is 0 Å². The molecule has 2 aromatic heterocycles. The van der Waals surface area contributed by atoms with Gasteiger partial charge in [0.25, 0.3) is 15.6 Å². The van der Waals surface area contributed by atoms with Crippen molar-refractivity contribution in [1.82, 2.24) is 19.9 Å².